The van der Waals surface area contributed by atoms with Gasteiger partial charge in [0.2, 0.25) is 7.59 Å². The fraction of sp³-hybridized carbons (Fsp3) is 0.273. The normalized spacial score (nSPS) is 18.0. The van der Waals surface area contributed by atoms with Gasteiger partial charge in [-0.3, -0.25) is 0 Å². The first-order chi connectivity index (χ1) is 10.1. The number of hydrogen-bond donors (Lipinski definition) is 2. The number of furan rings is 1. The molecule has 0 amide bonds. The van der Waals surface area contributed by atoms with Crippen molar-refractivity contribution >= 4 is 81.3 Å². The third-order valence-corrected chi connectivity index (χ3v) is 3.40. The van der Waals surface area contributed by atoms with Crippen LogP contribution in [0, 0.1) is 0 Å². The molecule has 2 heterocycles. The SMILES string of the molecule is Oc1ccc(CC=C2N=C(C(Cl)(Cl)Cl)N=C(C(Cl)(Cl)Cl)N2)o1. The maximum absolute atomic E-state index is 9.13. The highest BCUT2D eigenvalue weighted by molar-refractivity contribution is 6.79. The van der Waals surface area contributed by atoms with Crippen molar-refractivity contribution in [3.63, 3.8) is 0 Å². The Kier molecular flexibility index (Phi) is 5.47. The summed E-state index contributed by atoms with van der Waals surface area (Å²) in [6.45, 7) is 0. The predicted octanol–water partition coefficient (Wildman–Crippen LogP) is 4.51. The summed E-state index contributed by atoms with van der Waals surface area (Å²) < 4.78 is 1.28. The average Bonchev–Trinajstić information content (AvgIpc) is 2.80. The molecule has 2 N–H and O–H groups in total. The molecule has 5 nitrogen and oxygen atoms in total. The van der Waals surface area contributed by atoms with Gasteiger partial charge in [0.15, 0.2) is 11.7 Å². The minimum absolute atomic E-state index is 0.0534. The lowest BCUT2D eigenvalue weighted by Crippen LogP contribution is -2.39. The second kappa shape index (κ2) is 6.67. The van der Waals surface area contributed by atoms with Gasteiger partial charge in [0, 0.05) is 12.5 Å². The van der Waals surface area contributed by atoms with E-state index >= 15 is 0 Å². The smallest absolute Gasteiger partial charge is 0.281 e. The van der Waals surface area contributed by atoms with Crippen LogP contribution in [-0.4, -0.2) is 24.4 Å². The van der Waals surface area contributed by atoms with Crippen LogP contribution >= 0.6 is 69.6 Å². The van der Waals surface area contributed by atoms with E-state index in [1.165, 1.54) is 6.07 Å². The number of rotatable bonds is 2. The Labute approximate surface area is 155 Å². The predicted molar refractivity (Wildman–Crippen MR) is 90.7 cm³/mol. The van der Waals surface area contributed by atoms with E-state index in [1.807, 2.05) is 0 Å². The molecule has 1 aliphatic rings. The molecule has 120 valence electrons. The number of aliphatic imine (C=N–C) groups is 2. The van der Waals surface area contributed by atoms with E-state index in [9.17, 15) is 0 Å². The molecule has 0 radical (unpaired) electrons. The van der Waals surface area contributed by atoms with E-state index in [2.05, 4.69) is 15.3 Å². The fourth-order valence-corrected chi connectivity index (χ4v) is 1.98. The first-order valence-corrected chi connectivity index (χ1v) is 7.89. The molecule has 22 heavy (non-hydrogen) atoms. The molecular weight excluding hydrogens is 419 g/mol. The highest BCUT2D eigenvalue weighted by Gasteiger charge is 2.36. The van der Waals surface area contributed by atoms with Crippen LogP contribution in [0.2, 0.25) is 0 Å². The molecule has 1 aliphatic heterocycles. The summed E-state index contributed by atoms with van der Waals surface area (Å²) in [5.74, 6) is 0.358. The Bertz CT molecular complexity index is 654. The Morgan fingerprint density at radius 3 is 2.27 bits per heavy atom. The van der Waals surface area contributed by atoms with Gasteiger partial charge in [-0.2, -0.15) is 0 Å². The van der Waals surface area contributed by atoms with Gasteiger partial charge in [-0.1, -0.05) is 69.6 Å². The molecule has 2 rings (SSSR count). The first-order valence-electron chi connectivity index (χ1n) is 5.62. The van der Waals surface area contributed by atoms with Gasteiger partial charge < -0.3 is 14.8 Å². The molecule has 0 saturated heterocycles. The van der Waals surface area contributed by atoms with Gasteiger partial charge in [-0.15, -0.1) is 0 Å². The van der Waals surface area contributed by atoms with Crippen molar-refractivity contribution in [2.24, 2.45) is 9.98 Å². The van der Waals surface area contributed by atoms with Crippen molar-refractivity contribution in [3.8, 4) is 5.95 Å². The second-order valence-corrected chi connectivity index (χ2v) is 8.61. The molecule has 0 bridgehead atoms. The van der Waals surface area contributed by atoms with Gasteiger partial charge in [0.05, 0.1) is 0 Å². The van der Waals surface area contributed by atoms with E-state index < -0.39 is 7.59 Å². The molecule has 11 heteroatoms. The largest absolute Gasteiger partial charge is 0.481 e. The third-order valence-electron chi connectivity index (χ3n) is 2.36. The van der Waals surface area contributed by atoms with Crippen LogP contribution in [0.3, 0.4) is 0 Å². The summed E-state index contributed by atoms with van der Waals surface area (Å²) in [4.78, 5) is 7.94. The number of hydrogen-bond acceptors (Lipinski definition) is 5. The maximum atomic E-state index is 9.13. The molecule has 0 aliphatic carbocycles. The molecule has 0 saturated carbocycles. The molecule has 0 unspecified atom stereocenters. The number of alkyl halides is 6. The van der Waals surface area contributed by atoms with Crippen molar-refractivity contribution in [2.45, 2.75) is 14.0 Å². The highest BCUT2D eigenvalue weighted by Crippen LogP contribution is 2.34. The van der Waals surface area contributed by atoms with Gasteiger partial charge in [0.1, 0.15) is 11.6 Å². The number of aromatic hydroxyl groups is 1. The van der Waals surface area contributed by atoms with Crippen molar-refractivity contribution < 1.29 is 9.52 Å². The molecule has 1 aromatic rings. The van der Waals surface area contributed by atoms with E-state index in [-0.39, 0.29) is 23.4 Å². The number of amidine groups is 2. The Hall–Kier alpha value is -0.300. The summed E-state index contributed by atoms with van der Waals surface area (Å²) in [7, 11) is 0. The number of halogens is 6. The zero-order chi connectivity index (χ0) is 16.5. The molecule has 0 fully saturated rings. The van der Waals surface area contributed by atoms with Crippen molar-refractivity contribution in [3.05, 3.63) is 29.8 Å². The van der Waals surface area contributed by atoms with Crippen molar-refractivity contribution in [2.75, 3.05) is 0 Å². The monoisotopic (exact) mass is 423 g/mol. The minimum atomic E-state index is -1.88. The standard InChI is InChI=1S/C11H7Cl6N3O2/c12-10(13,14)8-18-6(19-9(20-8)11(15,16)17)3-1-5-2-4-7(21)22-5/h2-4,21H,1H2,(H,18,19,20). The number of allylic oxidation sites excluding steroid dienone is 1. The van der Waals surface area contributed by atoms with Crippen LogP contribution in [0.1, 0.15) is 5.76 Å². The van der Waals surface area contributed by atoms with Crippen molar-refractivity contribution in [1.29, 1.82) is 0 Å². The van der Waals surface area contributed by atoms with Gasteiger partial charge in [-0.05, 0) is 12.1 Å². The van der Waals surface area contributed by atoms with Crippen molar-refractivity contribution in [1.82, 2.24) is 5.32 Å². The van der Waals surface area contributed by atoms with Crippen LogP contribution in [0.4, 0.5) is 0 Å². The zero-order valence-electron chi connectivity index (χ0n) is 10.5. The summed E-state index contributed by atoms with van der Waals surface area (Å²) in [5, 5.41) is 11.9. The van der Waals surface area contributed by atoms with Crippen LogP contribution in [0.15, 0.2) is 38.4 Å². The average molecular weight is 426 g/mol. The van der Waals surface area contributed by atoms with Gasteiger partial charge in [-0.25, -0.2) is 9.98 Å². The van der Waals surface area contributed by atoms with Gasteiger partial charge in [0.25, 0.3) is 5.95 Å². The lowest BCUT2D eigenvalue weighted by molar-refractivity contribution is 0.321. The Morgan fingerprint density at radius 2 is 1.77 bits per heavy atom. The lowest BCUT2D eigenvalue weighted by Gasteiger charge is -2.23. The Balaban J connectivity index is 2.28. The second-order valence-electron chi connectivity index (χ2n) is 4.05. The van der Waals surface area contributed by atoms with E-state index in [1.54, 1.807) is 12.1 Å². The summed E-state index contributed by atoms with van der Waals surface area (Å²) in [6, 6.07) is 3.01. The van der Waals surface area contributed by atoms with Crippen LogP contribution in [0.5, 0.6) is 5.95 Å². The number of nitrogens with one attached hydrogen (secondary N) is 1. The van der Waals surface area contributed by atoms with Crippen LogP contribution in [0.25, 0.3) is 0 Å². The van der Waals surface area contributed by atoms with Gasteiger partial charge >= 0.3 is 0 Å². The van der Waals surface area contributed by atoms with Crippen LogP contribution in [-0.2, 0) is 6.42 Å². The topological polar surface area (TPSA) is 70.1 Å². The summed E-state index contributed by atoms with van der Waals surface area (Å²) in [6.07, 6.45) is 1.90. The zero-order valence-corrected chi connectivity index (χ0v) is 15.0. The molecule has 0 aromatic carbocycles. The number of nitrogens with zero attached hydrogens (tertiary/aromatic N) is 2. The fourth-order valence-electron chi connectivity index (χ4n) is 1.45. The molecule has 0 atom stereocenters. The minimum Gasteiger partial charge on any atom is -0.481 e. The van der Waals surface area contributed by atoms with E-state index in [0.29, 0.717) is 12.2 Å². The maximum Gasteiger partial charge on any atom is 0.281 e. The molecule has 0 spiro atoms. The molecular formula is C11H7Cl6N3O2. The first kappa shape index (κ1) is 18.0. The summed E-state index contributed by atoms with van der Waals surface area (Å²) in [5.41, 5.74) is 0. The lowest BCUT2D eigenvalue weighted by atomic mass is 10.3. The Morgan fingerprint density at radius 1 is 1.09 bits per heavy atom. The van der Waals surface area contributed by atoms with Crippen LogP contribution < -0.4 is 5.32 Å². The third kappa shape index (κ3) is 4.85. The quantitative estimate of drug-likeness (QED) is 0.685. The molecule has 1 aromatic heterocycles. The van der Waals surface area contributed by atoms with E-state index in [0.717, 1.165) is 0 Å². The highest BCUT2D eigenvalue weighted by atomic mass is 35.6. The summed E-state index contributed by atoms with van der Waals surface area (Å²) >= 11 is 34.7. The van der Waals surface area contributed by atoms with E-state index in [4.69, 9.17) is 79.1 Å².